The van der Waals surface area contributed by atoms with Crippen LogP contribution in [0.3, 0.4) is 0 Å². The highest BCUT2D eigenvalue weighted by molar-refractivity contribution is 5.53. The summed E-state index contributed by atoms with van der Waals surface area (Å²) in [5, 5.41) is 7.54. The largest absolute Gasteiger partial charge is 0.439 e. The van der Waals surface area contributed by atoms with Gasteiger partial charge in [0.05, 0.1) is 0 Å². The van der Waals surface area contributed by atoms with E-state index in [0.29, 0.717) is 23.5 Å². The number of para-hydroxylation sites is 1. The van der Waals surface area contributed by atoms with Crippen LogP contribution in [-0.2, 0) is 6.42 Å². The molecule has 0 radical (unpaired) electrons. The average Bonchev–Trinajstić information content (AvgIpc) is 2.99. The minimum Gasteiger partial charge on any atom is -0.439 e. The smallest absolute Gasteiger partial charge is 0.227 e. The maximum Gasteiger partial charge on any atom is 0.227 e. The summed E-state index contributed by atoms with van der Waals surface area (Å²) in [5.41, 5.74) is 0.822. The molecule has 1 aliphatic rings. The molecule has 6 nitrogen and oxygen atoms in total. The summed E-state index contributed by atoms with van der Waals surface area (Å²) in [6, 6.07) is 13.3. The average molecular weight is 350 g/mol. The highest BCUT2D eigenvalue weighted by Gasteiger charge is 2.17. The van der Waals surface area contributed by atoms with Crippen molar-refractivity contribution in [3.05, 3.63) is 54.6 Å². The first-order chi connectivity index (χ1) is 12.9. The Bertz CT molecular complexity index is 809. The monoisotopic (exact) mass is 350 g/mol. The highest BCUT2D eigenvalue weighted by Crippen LogP contribution is 2.23. The Morgan fingerprint density at radius 2 is 2.00 bits per heavy atom. The van der Waals surface area contributed by atoms with E-state index in [0.717, 1.165) is 37.2 Å². The molecule has 0 bridgehead atoms. The van der Waals surface area contributed by atoms with Gasteiger partial charge in [-0.05, 0) is 56.5 Å². The van der Waals surface area contributed by atoms with E-state index in [9.17, 15) is 0 Å². The maximum atomic E-state index is 5.71. The molecule has 1 atom stereocenters. The fourth-order valence-corrected chi connectivity index (χ4v) is 3.18. The van der Waals surface area contributed by atoms with Crippen molar-refractivity contribution >= 4 is 0 Å². The van der Waals surface area contributed by atoms with Gasteiger partial charge in [-0.15, -0.1) is 0 Å². The first kappa shape index (κ1) is 16.7. The van der Waals surface area contributed by atoms with Crippen molar-refractivity contribution in [3.8, 4) is 23.0 Å². The normalized spacial score (nSPS) is 17.6. The summed E-state index contributed by atoms with van der Waals surface area (Å²) < 4.78 is 11.2. The van der Waals surface area contributed by atoms with Crippen molar-refractivity contribution in [3.63, 3.8) is 0 Å². The Kier molecular flexibility index (Phi) is 5.21. The Morgan fingerprint density at radius 3 is 2.85 bits per heavy atom. The number of nitrogens with one attached hydrogen (secondary N) is 1. The molecule has 1 saturated heterocycles. The molecular weight excluding hydrogens is 328 g/mol. The van der Waals surface area contributed by atoms with E-state index in [1.807, 2.05) is 42.5 Å². The lowest BCUT2D eigenvalue weighted by Crippen LogP contribution is -2.14. The van der Waals surface area contributed by atoms with Crippen LogP contribution in [0.5, 0.6) is 11.6 Å². The van der Waals surface area contributed by atoms with Crippen molar-refractivity contribution in [2.75, 3.05) is 13.1 Å². The number of benzene rings is 1. The van der Waals surface area contributed by atoms with E-state index in [4.69, 9.17) is 9.26 Å². The van der Waals surface area contributed by atoms with Gasteiger partial charge in [0.15, 0.2) is 0 Å². The van der Waals surface area contributed by atoms with Crippen molar-refractivity contribution in [1.82, 2.24) is 20.4 Å². The van der Waals surface area contributed by atoms with Gasteiger partial charge >= 0.3 is 0 Å². The molecular formula is C20H22N4O2. The van der Waals surface area contributed by atoms with Gasteiger partial charge in [0.25, 0.3) is 0 Å². The molecule has 134 valence electrons. The summed E-state index contributed by atoms with van der Waals surface area (Å²) in [7, 11) is 0. The lowest BCUT2D eigenvalue weighted by Gasteiger charge is -2.09. The van der Waals surface area contributed by atoms with Crippen LogP contribution >= 0.6 is 0 Å². The molecule has 1 aromatic carbocycles. The number of rotatable bonds is 5. The summed E-state index contributed by atoms with van der Waals surface area (Å²) in [4.78, 5) is 8.88. The van der Waals surface area contributed by atoms with Crippen LogP contribution in [-0.4, -0.2) is 28.2 Å². The van der Waals surface area contributed by atoms with Crippen LogP contribution < -0.4 is 10.1 Å². The number of nitrogens with zero attached hydrogens (tertiary/aromatic N) is 3. The van der Waals surface area contributed by atoms with E-state index < -0.39 is 0 Å². The number of aromatic nitrogens is 3. The highest BCUT2D eigenvalue weighted by atomic mass is 16.5. The molecule has 0 amide bonds. The number of hydrogen-bond donors (Lipinski definition) is 1. The SMILES string of the molecule is c1ccc(Oc2ccc(-c3noc(CC4CCCNCC4)n3)cn2)cc1. The summed E-state index contributed by atoms with van der Waals surface area (Å²) in [6.07, 6.45) is 6.13. The van der Waals surface area contributed by atoms with Crippen LogP contribution in [0, 0.1) is 5.92 Å². The van der Waals surface area contributed by atoms with E-state index in [1.54, 1.807) is 6.20 Å². The fourth-order valence-electron chi connectivity index (χ4n) is 3.18. The van der Waals surface area contributed by atoms with Crippen molar-refractivity contribution in [2.24, 2.45) is 5.92 Å². The topological polar surface area (TPSA) is 73.1 Å². The van der Waals surface area contributed by atoms with Gasteiger partial charge in [0.2, 0.25) is 17.6 Å². The van der Waals surface area contributed by atoms with Gasteiger partial charge in [-0.2, -0.15) is 4.98 Å². The molecule has 3 aromatic rings. The molecule has 0 aliphatic carbocycles. The predicted molar refractivity (Wildman–Crippen MR) is 98.0 cm³/mol. The van der Waals surface area contributed by atoms with E-state index in [1.165, 1.54) is 12.8 Å². The van der Waals surface area contributed by atoms with Gasteiger partial charge in [-0.3, -0.25) is 0 Å². The molecule has 1 unspecified atom stereocenters. The van der Waals surface area contributed by atoms with Crippen LogP contribution in [0.1, 0.15) is 25.2 Å². The minimum absolute atomic E-state index is 0.537. The Balaban J connectivity index is 1.40. The lowest BCUT2D eigenvalue weighted by molar-refractivity contribution is 0.341. The molecule has 3 heterocycles. The molecule has 1 aliphatic heterocycles. The van der Waals surface area contributed by atoms with Crippen LogP contribution in [0.25, 0.3) is 11.4 Å². The van der Waals surface area contributed by atoms with Gasteiger partial charge in [-0.1, -0.05) is 23.4 Å². The summed E-state index contributed by atoms with van der Waals surface area (Å²) in [6.45, 7) is 2.17. The summed E-state index contributed by atoms with van der Waals surface area (Å²) in [5.74, 6) is 3.18. The number of pyridine rings is 1. The Morgan fingerprint density at radius 1 is 1.08 bits per heavy atom. The van der Waals surface area contributed by atoms with Gasteiger partial charge < -0.3 is 14.6 Å². The van der Waals surface area contributed by atoms with Crippen LogP contribution in [0.2, 0.25) is 0 Å². The molecule has 4 rings (SSSR count). The number of ether oxygens (including phenoxy) is 1. The first-order valence-electron chi connectivity index (χ1n) is 9.09. The quantitative estimate of drug-likeness (QED) is 0.753. The predicted octanol–water partition coefficient (Wildman–Crippen LogP) is 3.86. The van der Waals surface area contributed by atoms with Gasteiger partial charge in [0.1, 0.15) is 5.75 Å². The molecule has 26 heavy (non-hydrogen) atoms. The summed E-state index contributed by atoms with van der Waals surface area (Å²) >= 11 is 0. The van der Waals surface area contributed by atoms with Crippen molar-refractivity contribution in [2.45, 2.75) is 25.7 Å². The van der Waals surface area contributed by atoms with Gasteiger partial charge in [-0.25, -0.2) is 4.98 Å². The Hall–Kier alpha value is -2.73. The molecule has 0 spiro atoms. The third kappa shape index (κ3) is 4.26. The molecule has 2 aromatic heterocycles. The zero-order chi connectivity index (χ0) is 17.6. The third-order valence-electron chi connectivity index (χ3n) is 4.59. The standard InChI is InChI=1S/C20H22N4O2/c1-2-6-17(7-3-1)25-18-9-8-16(14-22-18)20-23-19(26-24-20)13-15-5-4-11-21-12-10-15/h1-3,6-9,14-15,21H,4-5,10-13H2. The van der Waals surface area contributed by atoms with E-state index in [2.05, 4.69) is 20.4 Å². The second-order valence-electron chi connectivity index (χ2n) is 6.56. The minimum atomic E-state index is 0.537. The molecule has 1 N–H and O–H groups in total. The maximum absolute atomic E-state index is 5.71. The van der Waals surface area contributed by atoms with Crippen molar-refractivity contribution in [1.29, 1.82) is 0 Å². The van der Waals surface area contributed by atoms with Gasteiger partial charge in [0, 0.05) is 24.2 Å². The fraction of sp³-hybridized carbons (Fsp3) is 0.350. The van der Waals surface area contributed by atoms with E-state index >= 15 is 0 Å². The zero-order valence-corrected chi connectivity index (χ0v) is 14.6. The van der Waals surface area contributed by atoms with Crippen LogP contribution in [0.15, 0.2) is 53.2 Å². The first-order valence-corrected chi connectivity index (χ1v) is 9.09. The second-order valence-corrected chi connectivity index (χ2v) is 6.56. The molecule has 6 heteroatoms. The zero-order valence-electron chi connectivity index (χ0n) is 14.6. The Labute approximate surface area is 152 Å². The second kappa shape index (κ2) is 8.10. The molecule has 1 fully saturated rings. The number of hydrogen-bond acceptors (Lipinski definition) is 6. The van der Waals surface area contributed by atoms with Crippen LogP contribution in [0.4, 0.5) is 0 Å². The van der Waals surface area contributed by atoms with E-state index in [-0.39, 0.29) is 0 Å². The third-order valence-corrected chi connectivity index (χ3v) is 4.59. The van der Waals surface area contributed by atoms with Crippen molar-refractivity contribution < 1.29 is 9.26 Å². The lowest BCUT2D eigenvalue weighted by atomic mass is 9.97. The molecule has 0 saturated carbocycles.